The maximum Gasteiger partial charge on any atom is 0.416 e. The van der Waals surface area contributed by atoms with E-state index in [1.807, 2.05) is 49.9 Å². The van der Waals surface area contributed by atoms with Crippen LogP contribution in [0.4, 0.5) is 26.3 Å². The van der Waals surface area contributed by atoms with Gasteiger partial charge >= 0.3 is 24.5 Å². The highest BCUT2D eigenvalue weighted by Crippen LogP contribution is 2.44. The van der Waals surface area contributed by atoms with Gasteiger partial charge in [0, 0.05) is 43.0 Å². The molecule has 16 heteroatoms. The third kappa shape index (κ3) is 16.6. The molecule has 0 aromatic heterocycles. The highest BCUT2D eigenvalue weighted by Gasteiger charge is 2.38. The second kappa shape index (κ2) is 27.8. The van der Waals surface area contributed by atoms with Crippen LogP contribution in [0.15, 0.2) is 82.8 Å². The number of halogens is 6. The second-order valence-electron chi connectivity index (χ2n) is 19.4. The molecule has 4 fully saturated rings. The number of aryl methyl sites for hydroxylation is 2. The summed E-state index contributed by atoms with van der Waals surface area (Å²) < 4.78 is 133. The van der Waals surface area contributed by atoms with Crippen LogP contribution in [0.2, 0.25) is 0 Å². The quantitative estimate of drug-likeness (QED) is 0.0584. The molecule has 0 amide bonds. The molecule has 0 N–H and O–H groups in total. The van der Waals surface area contributed by atoms with E-state index in [9.17, 15) is 31.1 Å². The van der Waals surface area contributed by atoms with E-state index in [-0.39, 0.29) is 54.8 Å². The van der Waals surface area contributed by atoms with Gasteiger partial charge in [-0.25, -0.2) is 0 Å². The number of hydrogen-bond donors (Lipinski definition) is 0. The number of alkyl halides is 6. The summed E-state index contributed by atoms with van der Waals surface area (Å²) in [5.74, 6) is -0.493. The number of carbonyl (C=O) groups excluding carboxylic acids is 3. The summed E-state index contributed by atoms with van der Waals surface area (Å²) in [7, 11) is 1.33. The summed E-state index contributed by atoms with van der Waals surface area (Å²) >= 11 is 0. The third-order valence-electron chi connectivity index (χ3n) is 14.5. The fourth-order valence-electron chi connectivity index (χ4n) is 9.97. The fourth-order valence-corrected chi connectivity index (χ4v) is 9.97. The molecular weight excluding hydrogens is 975 g/mol. The number of aliphatic imine (C=N–C) groups is 2. The van der Waals surface area contributed by atoms with Crippen LogP contribution in [0.1, 0.15) is 171 Å². The Balaban J connectivity index is 0.000000244. The van der Waals surface area contributed by atoms with Crippen molar-refractivity contribution < 1.29 is 60.4 Å². The predicted molar refractivity (Wildman–Crippen MR) is 277 cm³/mol. The molecule has 4 aliphatic rings. The van der Waals surface area contributed by atoms with Crippen LogP contribution in [-0.2, 0) is 57.3 Å². The molecule has 4 aromatic rings. The van der Waals surface area contributed by atoms with E-state index < -0.39 is 36.5 Å². The molecular formula is C59H72F6N4O6. The van der Waals surface area contributed by atoms with Gasteiger partial charge in [0.1, 0.15) is 11.5 Å². The molecule has 2 heterocycles. The van der Waals surface area contributed by atoms with Crippen molar-refractivity contribution in [3.05, 3.63) is 128 Å². The number of esters is 1. The van der Waals surface area contributed by atoms with Gasteiger partial charge in [0.15, 0.2) is 13.5 Å². The van der Waals surface area contributed by atoms with Crippen LogP contribution < -0.4 is 9.47 Å². The number of rotatable bonds is 17. The Morgan fingerprint density at radius 2 is 1.03 bits per heavy atom. The second-order valence-corrected chi connectivity index (χ2v) is 19.4. The van der Waals surface area contributed by atoms with Crippen LogP contribution in [-0.4, -0.2) is 80.1 Å². The fraction of sp³-hybridized carbons (Fsp3) is 0.525. The van der Waals surface area contributed by atoms with Crippen LogP contribution >= 0.6 is 0 Å². The van der Waals surface area contributed by atoms with Gasteiger partial charge in [-0.05, 0) is 165 Å². The smallest absolute Gasteiger partial charge is 0.416 e. The van der Waals surface area contributed by atoms with Crippen molar-refractivity contribution in [2.45, 2.75) is 148 Å². The van der Waals surface area contributed by atoms with Gasteiger partial charge in [-0.2, -0.15) is 35.9 Å². The van der Waals surface area contributed by atoms with Crippen LogP contribution in [0.5, 0.6) is 11.5 Å². The molecule has 2 saturated carbocycles. The number of hydrogen-bond acceptors (Lipinski definition) is 10. The molecule has 2 aliphatic carbocycles. The summed E-state index contributed by atoms with van der Waals surface area (Å²) in [6.07, 6.45) is 2.81. The molecule has 0 spiro atoms. The van der Waals surface area contributed by atoms with Crippen molar-refractivity contribution in [1.82, 2.24) is 9.80 Å². The molecule has 0 unspecified atom stereocenters. The Bertz CT molecular complexity index is 2800. The number of carbonyl (C=O) groups is 1. The molecule has 0 bridgehead atoms. The third-order valence-corrected chi connectivity index (χ3v) is 14.5. The highest BCUT2D eigenvalue weighted by molar-refractivity contribution is 5.99. The lowest BCUT2D eigenvalue weighted by molar-refractivity contribution is -0.191. The molecule has 8 rings (SSSR count). The number of likely N-dealkylation sites (tertiary alicyclic amines) is 2. The Labute approximate surface area is 443 Å². The van der Waals surface area contributed by atoms with Crippen molar-refractivity contribution in [3.63, 3.8) is 0 Å². The first kappa shape index (κ1) is 52.6. The summed E-state index contributed by atoms with van der Waals surface area (Å²) in [5.41, 5.74) is 5.39. The van der Waals surface area contributed by atoms with E-state index in [1.165, 1.54) is 7.11 Å². The lowest BCUT2D eigenvalue weighted by atomic mass is 9.82. The van der Waals surface area contributed by atoms with Gasteiger partial charge in [-0.1, -0.05) is 88.8 Å². The van der Waals surface area contributed by atoms with Gasteiger partial charge in [-0.3, -0.25) is 24.6 Å². The standard InChI is InChI=1S/C30H37F3N2O3.C28H35F3N2O.CO2/c1-4-21-14-23(10-11-24(21)16-35-17-25(18-35)29(36)37-3)20(2)34-19-38-26-12-13-27(22-8-6-5-7-9-22)28(15-26)30(31,32)33;1-3-21-16-23(10-11-24(21)18-33-14-7-15-33)20(2)32-19-34-25-12-13-26(22-8-5-4-6-9-22)27(17-25)28(29,30)31;2-1-3/h10-15,22,25H,4-9,16-19H2,1-3H3;10-13,16-17,22H,3-9,14-15,18-19H2,1-2H3;/i16D2;18D2;. The number of methoxy groups -OCH3 is 1. The van der Waals surface area contributed by atoms with E-state index in [1.54, 1.807) is 48.2 Å². The summed E-state index contributed by atoms with van der Waals surface area (Å²) in [4.78, 5) is 40.3. The summed E-state index contributed by atoms with van der Waals surface area (Å²) in [6.45, 7) is 6.17. The molecule has 10 nitrogen and oxygen atoms in total. The molecule has 2 aliphatic heterocycles. The number of benzene rings is 4. The maximum absolute atomic E-state index is 13.9. The van der Waals surface area contributed by atoms with Gasteiger partial charge in [0.25, 0.3) is 0 Å². The van der Waals surface area contributed by atoms with Gasteiger partial charge in [0.2, 0.25) is 0 Å². The minimum Gasteiger partial charge on any atom is -0.471 e. The minimum absolute atomic E-state index is 0.0484. The van der Waals surface area contributed by atoms with E-state index >= 15 is 0 Å². The lowest BCUT2D eigenvalue weighted by Crippen LogP contribution is -2.50. The molecule has 2 saturated heterocycles. The SMILES string of the molecule is O=C=O.[2H]C([2H])(c1ccc(C(C)=NCOc2ccc(C3CCCCC3)c(C(F)(F)F)c2)cc1CC)N1CC(C(=O)OC)C1.[2H]C([2H])(c1ccc(C(C)=NCOc2ccc(C3CCCCC3)c(C(F)(F)F)c2)cc1CC)N1CCC1. The first-order valence-electron chi connectivity index (χ1n) is 28.0. The summed E-state index contributed by atoms with van der Waals surface area (Å²) in [6, 6.07) is 19.6. The maximum atomic E-state index is 13.9. The largest absolute Gasteiger partial charge is 0.471 e. The van der Waals surface area contributed by atoms with Crippen LogP contribution in [0.25, 0.3) is 0 Å². The average molecular weight is 1050 g/mol. The van der Waals surface area contributed by atoms with Crippen LogP contribution in [0.3, 0.4) is 0 Å². The topological polar surface area (TPSA) is 110 Å². The van der Waals surface area contributed by atoms with E-state index in [4.69, 9.17) is 29.3 Å². The normalized spacial score (nSPS) is 18.5. The first-order chi connectivity index (χ1) is 37.5. The highest BCUT2D eigenvalue weighted by atomic mass is 19.4. The zero-order valence-electron chi connectivity index (χ0n) is 47.6. The Morgan fingerprint density at radius 1 is 0.613 bits per heavy atom. The molecule has 4 aromatic carbocycles. The molecule has 0 atom stereocenters. The lowest BCUT2D eigenvalue weighted by Gasteiger charge is -2.37. The van der Waals surface area contributed by atoms with E-state index in [0.29, 0.717) is 59.6 Å². The zero-order chi connectivity index (χ0) is 57.7. The van der Waals surface area contributed by atoms with Crippen molar-refractivity contribution in [1.29, 1.82) is 0 Å². The Hall–Kier alpha value is -5.83. The predicted octanol–water partition coefficient (Wildman–Crippen LogP) is 13.5. The average Bonchev–Trinajstić information content (AvgIpc) is 3.47. The van der Waals surface area contributed by atoms with E-state index in [2.05, 4.69) is 9.98 Å². The molecule has 0 radical (unpaired) electrons. The number of ether oxygens (including phenoxy) is 3. The Kier molecular flexibility index (Phi) is 19.5. The molecule has 75 heavy (non-hydrogen) atoms. The van der Waals surface area contributed by atoms with Crippen LogP contribution in [0, 0.1) is 5.92 Å². The van der Waals surface area contributed by atoms with E-state index in [0.717, 1.165) is 118 Å². The van der Waals surface area contributed by atoms with Crippen molar-refractivity contribution in [2.75, 3.05) is 46.8 Å². The zero-order valence-corrected chi connectivity index (χ0v) is 43.6. The molecule has 406 valence electrons. The van der Waals surface area contributed by atoms with Gasteiger partial charge < -0.3 is 14.2 Å². The van der Waals surface area contributed by atoms with Crippen molar-refractivity contribution >= 4 is 23.5 Å². The van der Waals surface area contributed by atoms with Crippen molar-refractivity contribution in [2.24, 2.45) is 15.9 Å². The van der Waals surface area contributed by atoms with Gasteiger partial charge in [0.05, 0.1) is 24.2 Å². The van der Waals surface area contributed by atoms with Gasteiger partial charge in [-0.15, -0.1) is 0 Å². The Morgan fingerprint density at radius 3 is 1.39 bits per heavy atom. The monoisotopic (exact) mass is 1050 g/mol. The first-order valence-corrected chi connectivity index (χ1v) is 26.0. The van der Waals surface area contributed by atoms with Crippen molar-refractivity contribution in [3.8, 4) is 11.5 Å². The number of nitrogens with zero attached hydrogens (tertiary/aromatic N) is 4. The summed E-state index contributed by atoms with van der Waals surface area (Å²) in [5, 5.41) is 0. The minimum atomic E-state index is -4.45.